The number of ketones is 1. The molecule has 0 spiro atoms. The zero-order valence-electron chi connectivity index (χ0n) is 16.6. The van der Waals surface area contributed by atoms with E-state index in [1.54, 1.807) is 24.0 Å². The summed E-state index contributed by atoms with van der Waals surface area (Å²) in [4.78, 5) is 29.9. The van der Waals surface area contributed by atoms with Gasteiger partial charge in [-0.3, -0.25) is 4.79 Å². The molecule has 1 aromatic carbocycles. The number of nitrogens with one attached hydrogen (secondary N) is 1. The first-order chi connectivity index (χ1) is 14.0. The Bertz CT molecular complexity index is 799. The Morgan fingerprint density at radius 3 is 2.62 bits per heavy atom. The highest BCUT2D eigenvalue weighted by Gasteiger charge is 2.23. The topological polar surface area (TPSA) is 97.0 Å². The number of piperidine rings is 1. The first-order valence-electron chi connectivity index (χ1n) is 9.55. The molecule has 3 N–H and O–H groups in total. The van der Waals surface area contributed by atoms with Crippen molar-refractivity contribution in [3.63, 3.8) is 0 Å². The number of ether oxygens (including phenoxy) is 1. The molecular formula is C21H27FN4O3. The van der Waals surface area contributed by atoms with Gasteiger partial charge in [0.25, 0.3) is 0 Å². The summed E-state index contributed by atoms with van der Waals surface area (Å²) in [6.07, 6.45) is 4.29. The molecule has 0 bridgehead atoms. The molecule has 8 heteroatoms. The Labute approximate surface area is 170 Å². The number of nitrogens with zero attached hydrogens (tertiary/aromatic N) is 2. The maximum absolute atomic E-state index is 13.9. The smallest absolute Gasteiger partial charge is 0.409 e. The van der Waals surface area contributed by atoms with Crippen molar-refractivity contribution in [3.05, 3.63) is 59.2 Å². The van der Waals surface area contributed by atoms with Gasteiger partial charge in [-0.2, -0.15) is 0 Å². The van der Waals surface area contributed by atoms with Crippen LogP contribution in [-0.2, 0) is 4.74 Å². The lowest BCUT2D eigenvalue weighted by atomic mass is 10.0. The van der Waals surface area contributed by atoms with E-state index in [1.165, 1.54) is 24.3 Å². The highest BCUT2D eigenvalue weighted by molar-refractivity contribution is 6.09. The summed E-state index contributed by atoms with van der Waals surface area (Å²) < 4.78 is 18.9. The molecule has 0 saturated carbocycles. The lowest BCUT2D eigenvalue weighted by molar-refractivity contribution is 0.0957. The Morgan fingerprint density at radius 1 is 1.34 bits per heavy atom. The molecule has 7 nitrogen and oxygen atoms in total. The maximum Gasteiger partial charge on any atom is 0.409 e. The Kier molecular flexibility index (Phi) is 8.54. The van der Waals surface area contributed by atoms with Crippen LogP contribution in [0.25, 0.3) is 0 Å². The van der Waals surface area contributed by atoms with Crippen molar-refractivity contribution >= 4 is 18.6 Å². The molecule has 0 unspecified atom stereocenters. The van der Waals surface area contributed by atoms with Crippen LogP contribution in [0.15, 0.2) is 52.8 Å². The highest BCUT2D eigenvalue weighted by atomic mass is 19.1. The first kappa shape index (κ1) is 22.3. The summed E-state index contributed by atoms with van der Waals surface area (Å²) in [5, 5.41) is 3.25. The summed E-state index contributed by atoms with van der Waals surface area (Å²) in [6.45, 7) is 6.80. The number of halogens is 1. The second-order valence-electron chi connectivity index (χ2n) is 6.52. The van der Waals surface area contributed by atoms with E-state index in [1.807, 2.05) is 0 Å². The third kappa shape index (κ3) is 6.25. The second kappa shape index (κ2) is 11.1. The van der Waals surface area contributed by atoms with Crippen LogP contribution in [0.5, 0.6) is 0 Å². The van der Waals surface area contributed by atoms with E-state index in [0.717, 1.165) is 12.8 Å². The molecule has 2 rings (SSSR count). The summed E-state index contributed by atoms with van der Waals surface area (Å²) in [6, 6.07) is 5.88. The van der Waals surface area contributed by atoms with Gasteiger partial charge < -0.3 is 20.7 Å². The molecule has 0 aliphatic carbocycles. The van der Waals surface area contributed by atoms with Gasteiger partial charge in [-0.1, -0.05) is 18.2 Å². The van der Waals surface area contributed by atoms with Crippen molar-refractivity contribution in [3.8, 4) is 0 Å². The molecule has 1 heterocycles. The molecule has 29 heavy (non-hydrogen) atoms. The maximum atomic E-state index is 13.9. The van der Waals surface area contributed by atoms with E-state index in [9.17, 15) is 14.0 Å². The average Bonchev–Trinajstić information content (AvgIpc) is 2.74. The van der Waals surface area contributed by atoms with Crippen LogP contribution < -0.4 is 11.1 Å². The number of Topliss-reactive ketones (excluding diaryl/α,β-unsaturated/α-hetero) is 1. The van der Waals surface area contributed by atoms with Crippen LogP contribution in [0, 0.1) is 5.82 Å². The number of benzene rings is 1. The van der Waals surface area contributed by atoms with Gasteiger partial charge in [0.05, 0.1) is 12.2 Å². The van der Waals surface area contributed by atoms with Gasteiger partial charge in [0.15, 0.2) is 5.78 Å². The standard InChI is InChI=1S/C21H27FN4O3/c1-3-29-21(28)26-12-10-16(11-13-26)25-19(24-2)9-8-15(14-23)20(27)17-6-4-5-7-18(17)22/h4-9,16,25H,2-3,10-14,23H2,1H3/b15-8+,19-9+. The fourth-order valence-corrected chi connectivity index (χ4v) is 3.01. The minimum atomic E-state index is -0.589. The van der Waals surface area contributed by atoms with Crippen molar-refractivity contribution in [2.45, 2.75) is 25.8 Å². The van der Waals surface area contributed by atoms with Crippen molar-refractivity contribution < 1.29 is 18.7 Å². The fraction of sp³-hybridized carbons (Fsp3) is 0.381. The largest absolute Gasteiger partial charge is 0.450 e. The molecule has 1 fully saturated rings. The van der Waals surface area contributed by atoms with Crippen LogP contribution in [0.4, 0.5) is 9.18 Å². The van der Waals surface area contributed by atoms with Crippen molar-refractivity contribution in [1.29, 1.82) is 0 Å². The van der Waals surface area contributed by atoms with Crippen LogP contribution in [-0.4, -0.2) is 55.8 Å². The van der Waals surface area contributed by atoms with E-state index in [-0.39, 0.29) is 29.8 Å². The lowest BCUT2D eigenvalue weighted by Gasteiger charge is -2.32. The number of carbonyl (C=O) groups excluding carboxylic acids is 2. The first-order valence-corrected chi connectivity index (χ1v) is 9.55. The zero-order chi connectivity index (χ0) is 21.2. The van der Waals surface area contributed by atoms with E-state index < -0.39 is 11.6 Å². The summed E-state index contributed by atoms with van der Waals surface area (Å²) in [7, 11) is 0. The Balaban J connectivity index is 2.01. The summed E-state index contributed by atoms with van der Waals surface area (Å²) in [5.41, 5.74) is 5.92. The van der Waals surface area contributed by atoms with E-state index in [4.69, 9.17) is 10.5 Å². The number of rotatable bonds is 8. The number of amides is 1. The number of hydrogen-bond acceptors (Lipinski definition) is 6. The van der Waals surface area contributed by atoms with Gasteiger partial charge in [0, 0.05) is 31.2 Å². The third-order valence-corrected chi connectivity index (χ3v) is 4.62. The predicted octanol–water partition coefficient (Wildman–Crippen LogP) is 2.65. The molecule has 0 radical (unpaired) electrons. The van der Waals surface area contributed by atoms with Crippen molar-refractivity contribution in [2.75, 3.05) is 26.2 Å². The molecule has 1 aliphatic rings. The average molecular weight is 402 g/mol. The number of hydrogen-bond donors (Lipinski definition) is 2. The zero-order valence-corrected chi connectivity index (χ0v) is 16.6. The minimum absolute atomic E-state index is 0.0231. The normalized spacial score (nSPS) is 15.8. The number of aliphatic imine (C=N–C) groups is 1. The SMILES string of the molecule is C=N/C(=C\C=C(/CN)C(=O)c1ccccc1F)NC1CCN(C(=O)OCC)CC1. The van der Waals surface area contributed by atoms with E-state index in [0.29, 0.717) is 25.5 Å². The quantitative estimate of drug-likeness (QED) is 0.302. The molecule has 0 atom stereocenters. The van der Waals surface area contributed by atoms with Gasteiger partial charge >= 0.3 is 6.09 Å². The number of allylic oxidation sites excluding steroid dienone is 2. The van der Waals surface area contributed by atoms with Gasteiger partial charge in [-0.15, -0.1) is 0 Å². The molecule has 1 aromatic rings. The third-order valence-electron chi connectivity index (χ3n) is 4.62. The van der Waals surface area contributed by atoms with E-state index >= 15 is 0 Å². The minimum Gasteiger partial charge on any atom is -0.450 e. The van der Waals surface area contributed by atoms with Crippen LogP contribution in [0.3, 0.4) is 0 Å². The highest BCUT2D eigenvalue weighted by Crippen LogP contribution is 2.15. The molecule has 1 aliphatic heterocycles. The van der Waals surface area contributed by atoms with Gasteiger partial charge in [0.2, 0.25) is 0 Å². The number of nitrogens with two attached hydrogens (primary N) is 1. The van der Waals surface area contributed by atoms with Crippen LogP contribution in [0.2, 0.25) is 0 Å². The lowest BCUT2D eigenvalue weighted by Crippen LogP contribution is -2.44. The Hall–Kier alpha value is -3.00. The van der Waals surface area contributed by atoms with E-state index in [2.05, 4.69) is 17.0 Å². The molecule has 1 saturated heterocycles. The monoisotopic (exact) mass is 402 g/mol. The molecular weight excluding hydrogens is 375 g/mol. The second-order valence-corrected chi connectivity index (χ2v) is 6.52. The van der Waals surface area contributed by atoms with Crippen molar-refractivity contribution in [2.24, 2.45) is 10.7 Å². The van der Waals surface area contributed by atoms with Crippen LogP contribution in [0.1, 0.15) is 30.1 Å². The fourth-order valence-electron chi connectivity index (χ4n) is 3.01. The molecule has 1 amide bonds. The predicted molar refractivity (Wildman–Crippen MR) is 110 cm³/mol. The summed E-state index contributed by atoms with van der Waals surface area (Å²) in [5.74, 6) is -0.575. The van der Waals surface area contributed by atoms with Gasteiger partial charge in [-0.25, -0.2) is 14.2 Å². The molecule has 0 aromatic heterocycles. The van der Waals surface area contributed by atoms with Crippen molar-refractivity contribution in [1.82, 2.24) is 10.2 Å². The Morgan fingerprint density at radius 2 is 2.03 bits per heavy atom. The number of likely N-dealkylation sites (tertiary alicyclic amines) is 1. The molecule has 156 valence electrons. The summed E-state index contributed by atoms with van der Waals surface area (Å²) >= 11 is 0. The van der Waals surface area contributed by atoms with Gasteiger partial charge in [-0.05, 0) is 44.7 Å². The van der Waals surface area contributed by atoms with Gasteiger partial charge in [0.1, 0.15) is 11.6 Å². The number of carbonyl (C=O) groups is 2. The van der Waals surface area contributed by atoms with Crippen LogP contribution >= 0.6 is 0 Å².